The summed E-state index contributed by atoms with van der Waals surface area (Å²) >= 11 is 0. The number of aliphatic hydroxyl groups is 1. The summed E-state index contributed by atoms with van der Waals surface area (Å²) in [7, 11) is 0.000463. The quantitative estimate of drug-likeness (QED) is 0.661. The van der Waals surface area contributed by atoms with Crippen molar-refractivity contribution in [3.8, 4) is 0 Å². The molecule has 0 aromatic rings. The first-order chi connectivity index (χ1) is 7.99. The monoisotopic (exact) mass is 254 g/mol. The Morgan fingerprint density at radius 1 is 0.944 bits per heavy atom. The smallest absolute Gasteiger partial charge is 0.434 e. The number of rotatable bonds is 0. The van der Waals surface area contributed by atoms with Crippen LogP contribution < -0.4 is 0 Å². The van der Waals surface area contributed by atoms with E-state index in [4.69, 9.17) is 14.0 Å². The molecule has 2 unspecified atom stereocenters. The van der Waals surface area contributed by atoms with Crippen molar-refractivity contribution in [1.82, 2.24) is 0 Å². The largest absolute Gasteiger partial charge is 0.441 e. The molecule has 2 aliphatic rings. The molecule has 0 saturated carbocycles. The molecule has 1 N–H and O–H groups in total. The molecule has 2 aliphatic heterocycles. The highest BCUT2D eigenvalue weighted by Crippen LogP contribution is 2.44. The molecular weight excluding hydrogens is 230 g/mol. The molecule has 0 aliphatic carbocycles. The van der Waals surface area contributed by atoms with E-state index in [0.29, 0.717) is 13.8 Å². The lowest BCUT2D eigenvalue weighted by Gasteiger charge is -2.43. The van der Waals surface area contributed by atoms with Crippen molar-refractivity contribution in [3.05, 3.63) is 0 Å². The van der Waals surface area contributed by atoms with Gasteiger partial charge in [0.2, 0.25) is 0 Å². The highest BCUT2D eigenvalue weighted by atomic mass is 16.7. The summed E-state index contributed by atoms with van der Waals surface area (Å²) in [5, 5.41) is 10.6. The van der Waals surface area contributed by atoms with Crippen LogP contribution in [0.15, 0.2) is 0 Å². The highest BCUT2D eigenvalue weighted by Gasteiger charge is 2.57. The van der Waals surface area contributed by atoms with Crippen LogP contribution in [-0.4, -0.2) is 41.9 Å². The van der Waals surface area contributed by atoms with Crippen molar-refractivity contribution in [1.29, 1.82) is 0 Å². The van der Waals surface area contributed by atoms with E-state index in [2.05, 4.69) is 6.92 Å². The predicted octanol–water partition coefficient (Wildman–Crippen LogP) is 1.25. The molecule has 4 nitrogen and oxygen atoms in total. The Hall–Kier alpha value is -0.0301. The van der Waals surface area contributed by atoms with Crippen molar-refractivity contribution >= 4 is 14.4 Å². The molecule has 102 valence electrons. The van der Waals surface area contributed by atoms with E-state index in [-0.39, 0.29) is 18.2 Å². The van der Waals surface area contributed by atoms with Crippen LogP contribution in [0.1, 0.15) is 54.4 Å². The maximum absolute atomic E-state index is 10.6. The van der Waals surface area contributed by atoms with E-state index in [0.717, 1.165) is 6.42 Å². The molecule has 18 heavy (non-hydrogen) atoms. The molecule has 2 atom stereocenters. The van der Waals surface area contributed by atoms with Crippen LogP contribution in [0.2, 0.25) is 0 Å². The van der Waals surface area contributed by atoms with Gasteiger partial charge in [-0.25, -0.2) is 0 Å². The molecule has 0 aromatic heterocycles. The summed E-state index contributed by atoms with van der Waals surface area (Å²) in [5.41, 5.74) is -2.23. The van der Waals surface area contributed by atoms with Crippen molar-refractivity contribution in [3.63, 3.8) is 0 Å². The summed E-state index contributed by atoms with van der Waals surface area (Å²) in [4.78, 5) is 0. The molecule has 0 amide bonds. The van der Waals surface area contributed by atoms with Crippen LogP contribution in [0.4, 0.5) is 0 Å². The second kappa shape index (κ2) is 3.98. The third-order valence-electron chi connectivity index (χ3n) is 5.06. The Labute approximate surface area is 111 Å². The third kappa shape index (κ3) is 2.13. The molecule has 0 spiro atoms. The summed E-state index contributed by atoms with van der Waals surface area (Å²) in [5.74, 6) is 0. The van der Waals surface area contributed by atoms with Crippen molar-refractivity contribution < 1.29 is 19.1 Å². The molecule has 0 aromatic carbocycles. The van der Waals surface area contributed by atoms with E-state index in [1.165, 1.54) is 0 Å². The highest BCUT2D eigenvalue weighted by molar-refractivity contribution is 7.03. The van der Waals surface area contributed by atoms with E-state index >= 15 is 0 Å². The van der Waals surface area contributed by atoms with Crippen LogP contribution in [0, 0.1) is 0 Å². The maximum Gasteiger partial charge on any atom is 0.441 e. The Morgan fingerprint density at radius 3 is 2.17 bits per heavy atom. The van der Waals surface area contributed by atoms with E-state index in [1.807, 2.05) is 34.6 Å². The zero-order valence-corrected chi connectivity index (χ0v) is 12.4. The Balaban J connectivity index is 2.28. The molecule has 2 bridgehead atoms. The van der Waals surface area contributed by atoms with Gasteiger partial charge < -0.3 is 19.1 Å². The zero-order chi connectivity index (χ0) is 13.8. The fraction of sp³-hybridized carbons (Fsp3) is 1.00. The van der Waals surface area contributed by atoms with Gasteiger partial charge >= 0.3 is 14.4 Å². The van der Waals surface area contributed by atoms with Gasteiger partial charge in [0, 0.05) is 0 Å². The minimum Gasteiger partial charge on any atom is -0.434 e. The summed E-state index contributed by atoms with van der Waals surface area (Å²) in [6, 6.07) is 0. The van der Waals surface area contributed by atoms with Crippen LogP contribution >= 0.6 is 0 Å². The molecule has 2 rings (SSSR count). The van der Waals surface area contributed by atoms with Gasteiger partial charge in [0.1, 0.15) is 0 Å². The SMILES string of the molecule is CC1(O)CCC2(C)OB(BOC1(C)C)OC2(C)C. The summed E-state index contributed by atoms with van der Waals surface area (Å²) < 4.78 is 17.8. The van der Waals surface area contributed by atoms with Gasteiger partial charge in [0.05, 0.1) is 22.4 Å². The molecular formula is C12H24B2O4. The van der Waals surface area contributed by atoms with Crippen LogP contribution in [0.5, 0.6) is 0 Å². The normalized spacial score (nSPS) is 42.7. The van der Waals surface area contributed by atoms with Gasteiger partial charge in [-0.1, -0.05) is 0 Å². The molecule has 6 heteroatoms. The lowest BCUT2D eigenvalue weighted by Crippen LogP contribution is -2.53. The second-order valence-corrected chi connectivity index (χ2v) is 7.00. The number of fused-ring (bicyclic) bond motifs is 2. The lowest BCUT2D eigenvalue weighted by molar-refractivity contribution is -0.119. The first-order valence-corrected chi connectivity index (χ1v) is 6.71. The first kappa shape index (κ1) is 14.4. The van der Waals surface area contributed by atoms with Gasteiger partial charge in [-0.15, -0.1) is 0 Å². The van der Waals surface area contributed by atoms with E-state index < -0.39 is 11.2 Å². The van der Waals surface area contributed by atoms with Crippen LogP contribution in [0.25, 0.3) is 0 Å². The third-order valence-corrected chi connectivity index (χ3v) is 5.06. The average molecular weight is 254 g/mol. The second-order valence-electron chi connectivity index (χ2n) is 7.00. The molecule has 2 heterocycles. The predicted molar refractivity (Wildman–Crippen MR) is 72.6 cm³/mol. The van der Waals surface area contributed by atoms with E-state index in [9.17, 15) is 5.11 Å². The summed E-state index contributed by atoms with van der Waals surface area (Å²) in [6.07, 6.45) is 1.37. The Kier molecular flexibility index (Phi) is 3.18. The van der Waals surface area contributed by atoms with Gasteiger partial charge in [-0.2, -0.15) is 0 Å². The topological polar surface area (TPSA) is 47.9 Å². The Morgan fingerprint density at radius 2 is 1.56 bits per heavy atom. The van der Waals surface area contributed by atoms with Crippen LogP contribution in [0.3, 0.4) is 0 Å². The molecule has 2 saturated heterocycles. The molecule has 0 radical (unpaired) electrons. The van der Waals surface area contributed by atoms with Crippen molar-refractivity contribution in [2.75, 3.05) is 0 Å². The van der Waals surface area contributed by atoms with Gasteiger partial charge in [-0.3, -0.25) is 0 Å². The minimum absolute atomic E-state index is 0.349. The van der Waals surface area contributed by atoms with Crippen molar-refractivity contribution in [2.45, 2.75) is 76.8 Å². The minimum atomic E-state index is -0.875. The van der Waals surface area contributed by atoms with Gasteiger partial charge in [0.25, 0.3) is 0 Å². The standard InChI is InChI=1S/C12H24B2O4/c1-9(2)11(5,15)7-8-12(6)10(3,4)17-14(18-12)13-16-9/h13,15H,7-8H2,1-6H3. The van der Waals surface area contributed by atoms with Crippen LogP contribution in [-0.2, 0) is 14.0 Å². The lowest BCUT2D eigenvalue weighted by atomic mass is 9.55. The fourth-order valence-electron chi connectivity index (χ4n) is 2.55. The van der Waals surface area contributed by atoms with Gasteiger partial charge in [0.15, 0.2) is 0 Å². The number of hydrogen-bond acceptors (Lipinski definition) is 4. The summed E-state index contributed by atoms with van der Waals surface area (Å²) in [6.45, 7) is 11.8. The van der Waals surface area contributed by atoms with E-state index in [1.54, 1.807) is 0 Å². The molecule has 2 fully saturated rings. The average Bonchev–Trinajstić information content (AvgIpc) is 2.45. The Bertz CT molecular complexity index is 343. The number of hydrogen-bond donors (Lipinski definition) is 1. The first-order valence-electron chi connectivity index (χ1n) is 6.71. The maximum atomic E-state index is 10.6. The zero-order valence-electron chi connectivity index (χ0n) is 12.4. The van der Waals surface area contributed by atoms with Crippen molar-refractivity contribution in [2.24, 2.45) is 0 Å². The fourth-order valence-corrected chi connectivity index (χ4v) is 2.55. The van der Waals surface area contributed by atoms with Gasteiger partial charge in [-0.05, 0) is 54.4 Å².